The quantitative estimate of drug-likeness (QED) is 0.0515. The van der Waals surface area contributed by atoms with Crippen molar-refractivity contribution < 1.29 is 26.4 Å². The Labute approximate surface area is 798 Å². The van der Waals surface area contributed by atoms with E-state index in [1.54, 1.807) is 49.2 Å². The third-order valence-electron chi connectivity index (χ3n) is 26.2. The molecule has 20 aromatic rings. The first-order chi connectivity index (χ1) is 67.7. The maximum Gasteiger partial charge on any atom is 0.247 e. The number of likely N-dealkylation sites (tertiary alicyclic amines) is 4. The van der Waals surface area contributed by atoms with Gasteiger partial charge in [0, 0.05) is 186 Å². The molecule has 0 aliphatic carbocycles. The highest BCUT2D eigenvalue weighted by molar-refractivity contribution is 6.29. The van der Waals surface area contributed by atoms with Crippen LogP contribution in [0.15, 0.2) is 285 Å². The number of nitrogens with zero attached hydrogens (tertiary/aromatic N) is 20. The van der Waals surface area contributed by atoms with Crippen LogP contribution in [0.4, 0.5) is 8.78 Å². The van der Waals surface area contributed by atoms with Gasteiger partial charge in [0.05, 0.1) is 45.7 Å². The highest BCUT2D eigenvalue weighted by Crippen LogP contribution is 2.41. The van der Waals surface area contributed by atoms with Gasteiger partial charge in [-0.15, -0.1) is 40.8 Å². The lowest BCUT2D eigenvalue weighted by Gasteiger charge is -2.35. The van der Waals surface area contributed by atoms with Gasteiger partial charge in [-0.25, -0.2) is 13.8 Å². The van der Waals surface area contributed by atoms with E-state index in [2.05, 4.69) is 202 Å². The van der Waals surface area contributed by atoms with E-state index in [-0.39, 0.29) is 35.3 Å². The van der Waals surface area contributed by atoms with E-state index >= 15 is 0 Å². The van der Waals surface area contributed by atoms with Crippen LogP contribution in [0.3, 0.4) is 0 Å². The fourth-order valence-corrected chi connectivity index (χ4v) is 19.7. The molecule has 4 unspecified atom stereocenters. The second-order valence-corrected chi connectivity index (χ2v) is 36.8. The van der Waals surface area contributed by atoms with Crippen molar-refractivity contribution in [3.63, 3.8) is 0 Å². The molecule has 31 heteroatoms. The molecule has 4 fully saturated rings. The number of benzene rings is 8. The first-order valence-electron chi connectivity index (χ1n) is 46.8. The molecule has 6 atom stereocenters. The van der Waals surface area contributed by atoms with Gasteiger partial charge < -0.3 is 17.7 Å². The van der Waals surface area contributed by atoms with Gasteiger partial charge in [-0.05, 0) is 215 Å². The first-order valence-corrected chi connectivity index (χ1v) is 47.2. The molecule has 16 heterocycles. The summed E-state index contributed by atoms with van der Waals surface area (Å²) in [7, 11) is 0. The lowest BCUT2D eigenvalue weighted by atomic mass is 9.90. The number of pyridine rings is 4. The van der Waals surface area contributed by atoms with Crippen molar-refractivity contribution in [3.8, 4) is 90.8 Å². The van der Waals surface area contributed by atoms with Gasteiger partial charge in [0.1, 0.15) is 39.6 Å². The lowest BCUT2D eigenvalue weighted by molar-refractivity contribution is 0.144. The number of hydrogen-bond donors (Lipinski definition) is 4. The van der Waals surface area contributed by atoms with Crippen molar-refractivity contribution in [2.24, 2.45) is 11.8 Å². The minimum absolute atomic E-state index is 0.108. The van der Waals surface area contributed by atoms with Crippen LogP contribution in [0.5, 0.6) is 0 Å². The van der Waals surface area contributed by atoms with Crippen LogP contribution < -0.4 is 0 Å². The highest BCUT2D eigenvalue weighted by Gasteiger charge is 2.35. The van der Waals surface area contributed by atoms with E-state index < -0.39 is 0 Å². The molecule has 24 rings (SSSR count). The molecule has 4 aliphatic heterocycles. The van der Waals surface area contributed by atoms with Crippen molar-refractivity contribution in [2.45, 2.75) is 109 Å². The van der Waals surface area contributed by atoms with Gasteiger partial charge >= 0.3 is 0 Å². The molecule has 0 saturated carbocycles. The Morgan fingerprint density at radius 2 is 0.674 bits per heavy atom. The molecule has 692 valence electrons. The van der Waals surface area contributed by atoms with E-state index in [9.17, 15) is 8.78 Å². The maximum atomic E-state index is 14.2. The van der Waals surface area contributed by atoms with Crippen LogP contribution in [0.1, 0.15) is 128 Å². The average molecular weight is 1860 g/mol. The molecule has 0 bridgehead atoms. The predicted octanol–water partition coefficient (Wildman–Crippen LogP) is 22.0. The van der Waals surface area contributed by atoms with Gasteiger partial charge in [0.2, 0.25) is 47.1 Å². The summed E-state index contributed by atoms with van der Waals surface area (Å²) >= 11 is 6.09. The number of H-pyrrole nitrogens is 4. The van der Waals surface area contributed by atoms with Crippen LogP contribution in [0.2, 0.25) is 5.15 Å². The maximum absolute atomic E-state index is 14.2. The van der Waals surface area contributed by atoms with Crippen molar-refractivity contribution >= 4 is 55.2 Å². The molecule has 138 heavy (non-hydrogen) atoms. The molecule has 0 radical (unpaired) electrons. The van der Waals surface area contributed by atoms with E-state index in [0.717, 1.165) is 226 Å². The Bertz CT molecular complexity index is 7110. The number of aromatic amines is 4. The van der Waals surface area contributed by atoms with Gasteiger partial charge in [0.15, 0.2) is 0 Å². The standard InChI is InChI=1S/2C27H25FN6O.C27H26N6O.C26H23ClN6O/c2*1-17-12-21(16-34(14-17)15-20-4-2-3-5-23(20)28)27-33-32-26(35-27)19-6-7-24-22(13-19)25(31-30-24)18-8-10-29-11-9-18;1-18-14-20(11-12-28-18)25-23-15-21(9-10-24(23)29-30-25)26-31-32-27(34-26)22-8-5-13-33(17-22)16-19-6-3-2-4-7-19;27-23-14-18(10-11-28-23)24-21-13-19(8-9-22(21)29-30-24)25-31-32-26(34-25)20-7-4-12-33(16-20)15-17-5-2-1-3-6-17/h2*2-11,13,17,21H,12,14-16H2,1H3,(H,30,31);2-4,6-7,9-12,14-15,22H,5,8,13,16-17H2,1H3,(H,29,30);1-3,5-6,8-11,13-14,20H,4,7,12,15-16H2,(H,29,30)/t17-,21+;;;/m0.../s1. The van der Waals surface area contributed by atoms with Crippen molar-refractivity contribution in [1.29, 1.82) is 0 Å². The zero-order chi connectivity index (χ0) is 93.4. The number of fused-ring (bicyclic) bond motifs is 4. The molecule has 0 amide bonds. The molecule has 4 saturated heterocycles. The number of aromatic nitrogens is 20. The van der Waals surface area contributed by atoms with Crippen molar-refractivity contribution in [3.05, 3.63) is 336 Å². The summed E-state index contributed by atoms with van der Waals surface area (Å²) < 4.78 is 53.2. The van der Waals surface area contributed by atoms with Crippen molar-refractivity contribution in [1.82, 2.24) is 121 Å². The number of piperidine rings is 4. The van der Waals surface area contributed by atoms with Crippen molar-refractivity contribution in [2.75, 3.05) is 52.4 Å². The number of hydrogen-bond acceptors (Lipinski definition) is 24. The van der Waals surface area contributed by atoms with E-state index in [4.69, 9.17) is 29.3 Å². The van der Waals surface area contributed by atoms with Crippen LogP contribution in [0.25, 0.3) is 134 Å². The monoisotopic (exact) mass is 1860 g/mol. The van der Waals surface area contributed by atoms with Gasteiger partial charge in [0.25, 0.3) is 0 Å². The average Bonchev–Trinajstić information content (AvgIpc) is 1.64. The zero-order valence-electron chi connectivity index (χ0n) is 76.3. The fraction of sp³-hybridized carbons (Fsp3) is 0.252. The van der Waals surface area contributed by atoms with Crippen LogP contribution in [0, 0.1) is 30.4 Å². The summed E-state index contributed by atoms with van der Waals surface area (Å²) in [5.74, 6) is 6.03. The topological polar surface area (TPSA) is 335 Å². The number of rotatable bonds is 20. The Balaban J connectivity index is 0.000000110. The second kappa shape index (κ2) is 40.8. The minimum Gasteiger partial charge on any atom is -0.420 e. The Morgan fingerprint density at radius 3 is 1.05 bits per heavy atom. The molecule has 12 aromatic heterocycles. The molecular formula is C107H99ClF2N24O4. The highest BCUT2D eigenvalue weighted by atomic mass is 35.5. The number of aryl methyl sites for hydroxylation is 1. The number of halogens is 3. The van der Waals surface area contributed by atoms with Gasteiger partial charge in [-0.2, -0.15) is 20.4 Å². The zero-order valence-corrected chi connectivity index (χ0v) is 77.1. The molecular weight excluding hydrogens is 1760 g/mol. The SMILES string of the molecule is CC1CC(c2nnc(-c3ccc4[nH]nc(-c5ccncc5)c4c3)o2)CN(Cc2ccccc2F)C1.C[C@H]1C[C@@H](c2nnc(-c3ccc4[nH]nc(-c5ccncc5)c4c3)o2)CN(Cc2ccccc2F)C1.Cc1cc(-c2n[nH]c3ccc(-c4nnc(C5CCCN(Cc6ccccc6)C5)o4)cc23)ccn1.Clc1cc(-c2n[nH]c3ccc(-c4nnc(C5CCCN(Cc6ccccc6)C5)o4)cc23)ccn1. The van der Waals surface area contributed by atoms with Gasteiger partial charge in [-0.3, -0.25) is 54.9 Å². The van der Waals surface area contributed by atoms with E-state index in [1.165, 1.54) is 23.3 Å². The summed E-state index contributed by atoms with van der Waals surface area (Å²) in [5.41, 5.74) is 19.6. The molecule has 0 spiro atoms. The Kier molecular flexibility index (Phi) is 26.4. The summed E-state index contributed by atoms with van der Waals surface area (Å²) in [6, 6.07) is 74.6. The smallest absolute Gasteiger partial charge is 0.247 e. The molecule has 28 nitrogen and oxygen atoms in total. The summed E-state index contributed by atoms with van der Waals surface area (Å²) in [6.45, 7) is 16.8. The van der Waals surface area contributed by atoms with Gasteiger partial charge in [-0.1, -0.05) is 123 Å². The third kappa shape index (κ3) is 20.5. The van der Waals surface area contributed by atoms with Crippen LogP contribution in [-0.2, 0) is 26.2 Å². The Hall–Kier alpha value is -15.2. The van der Waals surface area contributed by atoms with E-state index in [0.29, 0.717) is 82.4 Å². The lowest BCUT2D eigenvalue weighted by Crippen LogP contribution is -2.38. The molecule has 4 N–H and O–H groups in total. The molecule has 4 aliphatic rings. The predicted molar refractivity (Wildman–Crippen MR) is 524 cm³/mol. The third-order valence-corrected chi connectivity index (χ3v) is 26.4. The number of nitrogens with one attached hydrogen (secondary N) is 4. The summed E-state index contributed by atoms with van der Waals surface area (Å²) in [5, 5.41) is 70.0. The largest absolute Gasteiger partial charge is 0.420 e. The summed E-state index contributed by atoms with van der Waals surface area (Å²) in [4.78, 5) is 26.0. The minimum atomic E-state index is -0.164. The molecule has 8 aromatic carbocycles. The first kappa shape index (κ1) is 89.3. The fourth-order valence-electron chi connectivity index (χ4n) is 19.6. The Morgan fingerprint density at radius 1 is 0.333 bits per heavy atom. The van der Waals surface area contributed by atoms with Crippen LogP contribution >= 0.6 is 11.6 Å². The second-order valence-electron chi connectivity index (χ2n) is 36.4. The normalized spacial score (nSPS) is 17.8. The summed E-state index contributed by atoms with van der Waals surface area (Å²) in [6.07, 6.45) is 16.8. The van der Waals surface area contributed by atoms with E-state index in [1.807, 2.05) is 147 Å². The van der Waals surface area contributed by atoms with Crippen LogP contribution in [-0.4, -0.2) is 173 Å².